The molecule has 2 aliphatic rings. The summed E-state index contributed by atoms with van der Waals surface area (Å²) in [7, 11) is 0. The van der Waals surface area contributed by atoms with E-state index < -0.39 is 0 Å². The van der Waals surface area contributed by atoms with Crippen LogP contribution in [0.1, 0.15) is 64.1 Å². The molecule has 0 radical (unpaired) electrons. The van der Waals surface area contributed by atoms with Gasteiger partial charge in [-0.2, -0.15) is 0 Å². The van der Waals surface area contributed by atoms with E-state index in [-0.39, 0.29) is 0 Å². The number of nitrogens with one attached hydrogen (secondary N) is 1. The first-order valence-electron chi connectivity index (χ1n) is 7.26. The molecule has 2 aliphatic carbocycles. The van der Waals surface area contributed by atoms with E-state index in [1.54, 1.807) is 5.56 Å². The summed E-state index contributed by atoms with van der Waals surface area (Å²) in [4.78, 5) is 0. The van der Waals surface area contributed by atoms with E-state index in [9.17, 15) is 0 Å². The minimum absolute atomic E-state index is 0.341. The van der Waals surface area contributed by atoms with Crippen molar-refractivity contribution in [3.05, 3.63) is 35.4 Å². The molecular formula is C17H25N. The molecule has 0 heterocycles. The van der Waals surface area contributed by atoms with Gasteiger partial charge in [-0.3, -0.25) is 0 Å². The Hall–Kier alpha value is -0.820. The van der Waals surface area contributed by atoms with Crippen LogP contribution in [-0.2, 0) is 5.41 Å². The summed E-state index contributed by atoms with van der Waals surface area (Å²) in [6.07, 6.45) is 3.89. The van der Waals surface area contributed by atoms with E-state index >= 15 is 0 Å². The average Bonchev–Trinajstić information content (AvgIpc) is 2.91. The highest BCUT2D eigenvalue weighted by Gasteiger charge is 2.47. The van der Waals surface area contributed by atoms with Crippen LogP contribution >= 0.6 is 0 Å². The minimum Gasteiger partial charge on any atom is -0.307 e. The number of rotatable bonds is 2. The summed E-state index contributed by atoms with van der Waals surface area (Å²) in [6, 6.07) is 10.3. The highest BCUT2D eigenvalue weighted by atomic mass is 15.0. The minimum atomic E-state index is 0.341. The zero-order valence-electron chi connectivity index (χ0n) is 12.1. The molecule has 18 heavy (non-hydrogen) atoms. The maximum absolute atomic E-state index is 3.88. The van der Waals surface area contributed by atoms with Crippen molar-refractivity contribution < 1.29 is 0 Å². The molecule has 0 bridgehead atoms. The Labute approximate surface area is 111 Å². The molecule has 0 aromatic heterocycles. The number of benzene rings is 1. The molecule has 1 nitrogen and oxygen atoms in total. The van der Waals surface area contributed by atoms with Crippen LogP contribution in [0.4, 0.5) is 0 Å². The van der Waals surface area contributed by atoms with Gasteiger partial charge < -0.3 is 5.32 Å². The Morgan fingerprint density at radius 1 is 1.11 bits per heavy atom. The van der Waals surface area contributed by atoms with Crippen molar-refractivity contribution in [2.24, 2.45) is 5.41 Å². The van der Waals surface area contributed by atoms with Crippen LogP contribution in [0, 0.1) is 5.41 Å². The Morgan fingerprint density at radius 2 is 1.78 bits per heavy atom. The van der Waals surface area contributed by atoms with Crippen LogP contribution in [0.3, 0.4) is 0 Å². The predicted molar refractivity (Wildman–Crippen MR) is 76.8 cm³/mol. The van der Waals surface area contributed by atoms with Crippen LogP contribution in [0.5, 0.6) is 0 Å². The fourth-order valence-electron chi connectivity index (χ4n) is 3.38. The summed E-state index contributed by atoms with van der Waals surface area (Å²) in [6.45, 7) is 9.49. The fraction of sp³-hybridized carbons (Fsp3) is 0.647. The molecule has 2 atom stereocenters. The lowest BCUT2D eigenvalue weighted by atomic mass is 9.71. The van der Waals surface area contributed by atoms with Gasteiger partial charge in [-0.1, -0.05) is 52.0 Å². The highest BCUT2D eigenvalue weighted by Crippen LogP contribution is 2.48. The molecule has 1 N–H and O–H groups in total. The molecular weight excluding hydrogens is 218 g/mol. The maximum Gasteiger partial charge on any atom is 0.0326 e. The molecule has 2 unspecified atom stereocenters. The second kappa shape index (κ2) is 3.84. The van der Waals surface area contributed by atoms with E-state index in [1.165, 1.54) is 24.8 Å². The van der Waals surface area contributed by atoms with Crippen molar-refractivity contribution in [1.82, 2.24) is 5.32 Å². The zero-order valence-corrected chi connectivity index (χ0v) is 12.1. The van der Waals surface area contributed by atoms with Crippen LogP contribution in [0.15, 0.2) is 24.3 Å². The van der Waals surface area contributed by atoms with E-state index in [4.69, 9.17) is 0 Å². The van der Waals surface area contributed by atoms with Gasteiger partial charge in [0.1, 0.15) is 0 Å². The molecule has 0 saturated heterocycles. The zero-order chi connectivity index (χ0) is 13.0. The van der Waals surface area contributed by atoms with Crippen LogP contribution in [0.25, 0.3) is 0 Å². The third kappa shape index (κ3) is 1.99. The second-order valence-electron chi connectivity index (χ2n) is 7.47. The van der Waals surface area contributed by atoms with Crippen molar-refractivity contribution in [2.45, 2.75) is 64.5 Å². The summed E-state index contributed by atoms with van der Waals surface area (Å²) in [5.41, 5.74) is 3.94. The first-order chi connectivity index (χ1) is 8.40. The normalized spacial score (nSPS) is 31.8. The van der Waals surface area contributed by atoms with Crippen molar-refractivity contribution in [3.63, 3.8) is 0 Å². The Kier molecular flexibility index (Phi) is 2.60. The van der Waals surface area contributed by atoms with Gasteiger partial charge in [0.05, 0.1) is 0 Å². The Bertz CT molecular complexity index is 458. The molecule has 1 saturated carbocycles. The summed E-state index contributed by atoms with van der Waals surface area (Å²) in [5.74, 6) is 0. The third-order valence-corrected chi connectivity index (χ3v) is 5.04. The summed E-state index contributed by atoms with van der Waals surface area (Å²) in [5, 5.41) is 3.88. The molecule has 3 rings (SSSR count). The quantitative estimate of drug-likeness (QED) is 0.821. The standard InChI is InChI=1S/C17H25N/c1-16(2)10-9-14(18-15-11-17(15,3)4)12-7-5-6-8-13(12)16/h5-8,14-15,18H,9-11H2,1-4H3. The van der Waals surface area contributed by atoms with Gasteiger partial charge in [0.25, 0.3) is 0 Å². The topological polar surface area (TPSA) is 12.0 Å². The van der Waals surface area contributed by atoms with Crippen molar-refractivity contribution in [1.29, 1.82) is 0 Å². The lowest BCUT2D eigenvalue weighted by Crippen LogP contribution is -2.34. The van der Waals surface area contributed by atoms with Gasteiger partial charge in [0.2, 0.25) is 0 Å². The van der Waals surface area contributed by atoms with Crippen LogP contribution < -0.4 is 5.32 Å². The predicted octanol–water partition coefficient (Wildman–Crippen LogP) is 4.19. The molecule has 98 valence electrons. The largest absolute Gasteiger partial charge is 0.307 e. The second-order valence-corrected chi connectivity index (χ2v) is 7.47. The molecule has 1 aromatic rings. The van der Waals surface area contributed by atoms with E-state index in [0.717, 1.165) is 6.04 Å². The number of hydrogen-bond donors (Lipinski definition) is 1. The van der Waals surface area contributed by atoms with Crippen molar-refractivity contribution in [2.75, 3.05) is 0 Å². The van der Waals surface area contributed by atoms with Crippen molar-refractivity contribution >= 4 is 0 Å². The summed E-state index contributed by atoms with van der Waals surface area (Å²) < 4.78 is 0. The van der Waals surface area contributed by atoms with Gasteiger partial charge in [-0.15, -0.1) is 0 Å². The van der Waals surface area contributed by atoms with Gasteiger partial charge >= 0.3 is 0 Å². The van der Waals surface area contributed by atoms with Gasteiger partial charge in [0, 0.05) is 12.1 Å². The third-order valence-electron chi connectivity index (χ3n) is 5.04. The molecule has 0 spiro atoms. The van der Waals surface area contributed by atoms with E-state index in [1.807, 2.05) is 0 Å². The highest BCUT2D eigenvalue weighted by molar-refractivity contribution is 5.38. The molecule has 1 aromatic carbocycles. The van der Waals surface area contributed by atoms with Crippen LogP contribution in [0.2, 0.25) is 0 Å². The first kappa shape index (κ1) is 12.2. The fourth-order valence-corrected chi connectivity index (χ4v) is 3.38. The molecule has 0 amide bonds. The van der Waals surface area contributed by atoms with Gasteiger partial charge in [-0.05, 0) is 41.2 Å². The average molecular weight is 243 g/mol. The number of hydrogen-bond acceptors (Lipinski definition) is 1. The molecule has 0 aliphatic heterocycles. The maximum atomic E-state index is 3.88. The first-order valence-corrected chi connectivity index (χ1v) is 7.26. The Morgan fingerprint density at radius 3 is 2.44 bits per heavy atom. The monoisotopic (exact) mass is 243 g/mol. The van der Waals surface area contributed by atoms with Gasteiger partial charge in [0.15, 0.2) is 0 Å². The summed E-state index contributed by atoms with van der Waals surface area (Å²) >= 11 is 0. The SMILES string of the molecule is CC1(C)CCC(NC2CC2(C)C)c2ccccc21. The Balaban J connectivity index is 1.86. The van der Waals surface area contributed by atoms with Crippen LogP contribution in [-0.4, -0.2) is 6.04 Å². The smallest absolute Gasteiger partial charge is 0.0326 e. The lowest BCUT2D eigenvalue weighted by Gasteiger charge is -2.37. The van der Waals surface area contributed by atoms with E-state index in [0.29, 0.717) is 16.9 Å². The van der Waals surface area contributed by atoms with E-state index in [2.05, 4.69) is 57.3 Å². The lowest BCUT2D eigenvalue weighted by molar-refractivity contribution is 0.346. The van der Waals surface area contributed by atoms with Crippen molar-refractivity contribution in [3.8, 4) is 0 Å². The molecule has 1 heteroatoms. The van der Waals surface area contributed by atoms with Gasteiger partial charge in [-0.25, -0.2) is 0 Å². The number of fused-ring (bicyclic) bond motifs is 1. The molecule has 1 fully saturated rings.